The Bertz CT molecular complexity index is 1350. The van der Waals surface area contributed by atoms with E-state index in [4.69, 9.17) is 9.47 Å². The number of benzene rings is 2. The van der Waals surface area contributed by atoms with E-state index in [1.807, 2.05) is 29.2 Å². The molecule has 0 aliphatic carbocycles. The fourth-order valence-electron chi connectivity index (χ4n) is 4.51. The molecule has 2 aliphatic heterocycles. The number of pyridine rings is 1. The van der Waals surface area contributed by atoms with Crippen LogP contribution in [0.1, 0.15) is 18.4 Å². The highest BCUT2D eigenvalue weighted by atomic mass is 32.2. The Labute approximate surface area is 211 Å². The molecule has 0 unspecified atom stereocenters. The van der Waals surface area contributed by atoms with E-state index in [1.165, 1.54) is 12.3 Å². The first kappa shape index (κ1) is 24.3. The van der Waals surface area contributed by atoms with Crippen molar-refractivity contribution in [3.63, 3.8) is 0 Å². The Hall–Kier alpha value is -3.43. The van der Waals surface area contributed by atoms with Crippen molar-refractivity contribution in [2.45, 2.75) is 24.4 Å². The molecular formula is C27H29N3O5S. The maximum absolute atomic E-state index is 12.3. The average Bonchev–Trinajstić information content (AvgIpc) is 3.29. The first-order chi connectivity index (χ1) is 17.4. The lowest BCUT2D eigenvalue weighted by Crippen LogP contribution is -2.36. The Morgan fingerprint density at radius 3 is 2.50 bits per heavy atom. The molecule has 2 saturated heterocycles. The van der Waals surface area contributed by atoms with Crippen molar-refractivity contribution in [2.75, 3.05) is 44.0 Å². The SMILES string of the molecule is CS(=O)(=O)c1ccc(Oc2cc(-c3cccc(N4CCOCC4)c3)ccc2CN2CCCC2=O)cn1. The van der Waals surface area contributed by atoms with Crippen LogP contribution >= 0.6 is 0 Å². The number of likely N-dealkylation sites (tertiary alicyclic amines) is 1. The molecular weight excluding hydrogens is 478 g/mol. The summed E-state index contributed by atoms with van der Waals surface area (Å²) in [5.41, 5.74) is 4.06. The number of morpholine rings is 1. The molecule has 0 saturated carbocycles. The Morgan fingerprint density at radius 1 is 1.00 bits per heavy atom. The van der Waals surface area contributed by atoms with Gasteiger partial charge in [0.15, 0.2) is 14.9 Å². The molecule has 2 fully saturated rings. The summed E-state index contributed by atoms with van der Waals surface area (Å²) in [6.07, 6.45) is 3.96. The lowest BCUT2D eigenvalue weighted by Gasteiger charge is -2.29. The molecule has 0 atom stereocenters. The van der Waals surface area contributed by atoms with Crippen LogP contribution in [0.5, 0.6) is 11.5 Å². The third-order valence-electron chi connectivity index (χ3n) is 6.47. The number of amides is 1. The molecule has 188 valence electrons. The minimum atomic E-state index is -3.40. The number of carbonyl (C=O) groups excluding carboxylic acids is 1. The molecule has 0 radical (unpaired) electrons. The maximum Gasteiger partial charge on any atom is 0.222 e. The number of sulfone groups is 1. The fourth-order valence-corrected chi connectivity index (χ4v) is 5.07. The highest BCUT2D eigenvalue weighted by Crippen LogP contribution is 2.34. The quantitative estimate of drug-likeness (QED) is 0.479. The third-order valence-corrected chi connectivity index (χ3v) is 7.47. The molecule has 36 heavy (non-hydrogen) atoms. The summed E-state index contributed by atoms with van der Waals surface area (Å²) in [5.74, 6) is 1.18. The van der Waals surface area contributed by atoms with Crippen molar-refractivity contribution in [3.05, 3.63) is 66.4 Å². The van der Waals surface area contributed by atoms with Crippen molar-refractivity contribution in [1.29, 1.82) is 0 Å². The molecule has 1 aromatic heterocycles. The van der Waals surface area contributed by atoms with Gasteiger partial charge < -0.3 is 19.3 Å². The molecule has 0 N–H and O–H groups in total. The predicted octanol–water partition coefficient (Wildman–Crippen LogP) is 3.90. The van der Waals surface area contributed by atoms with Crippen LogP contribution in [0.3, 0.4) is 0 Å². The molecule has 5 rings (SSSR count). The van der Waals surface area contributed by atoms with Gasteiger partial charge in [0.2, 0.25) is 5.91 Å². The molecule has 1 amide bonds. The van der Waals surface area contributed by atoms with Crippen LogP contribution in [0.4, 0.5) is 5.69 Å². The summed E-state index contributed by atoms with van der Waals surface area (Å²) in [5, 5.41) is -0.00795. The molecule has 2 aromatic carbocycles. The van der Waals surface area contributed by atoms with Gasteiger partial charge in [-0.25, -0.2) is 13.4 Å². The third kappa shape index (κ3) is 5.52. The topological polar surface area (TPSA) is 89.0 Å². The maximum atomic E-state index is 12.3. The van der Waals surface area contributed by atoms with Gasteiger partial charge in [-0.3, -0.25) is 4.79 Å². The first-order valence-electron chi connectivity index (χ1n) is 12.0. The number of ether oxygens (including phenoxy) is 2. The average molecular weight is 508 g/mol. The van der Waals surface area contributed by atoms with E-state index in [9.17, 15) is 13.2 Å². The van der Waals surface area contributed by atoms with E-state index in [0.717, 1.165) is 67.9 Å². The second-order valence-electron chi connectivity index (χ2n) is 9.10. The van der Waals surface area contributed by atoms with Gasteiger partial charge in [-0.2, -0.15) is 0 Å². The molecule has 9 heteroatoms. The summed E-state index contributed by atoms with van der Waals surface area (Å²) >= 11 is 0. The monoisotopic (exact) mass is 507 g/mol. The molecule has 3 aromatic rings. The van der Waals surface area contributed by atoms with Crippen molar-refractivity contribution in [2.24, 2.45) is 0 Å². The van der Waals surface area contributed by atoms with E-state index >= 15 is 0 Å². The summed E-state index contributed by atoms with van der Waals surface area (Å²) in [6.45, 7) is 4.34. The van der Waals surface area contributed by atoms with E-state index in [-0.39, 0.29) is 10.9 Å². The van der Waals surface area contributed by atoms with Gasteiger partial charge in [0.1, 0.15) is 11.5 Å². The Balaban J connectivity index is 1.47. The lowest BCUT2D eigenvalue weighted by molar-refractivity contribution is -0.128. The van der Waals surface area contributed by atoms with Crippen LogP contribution in [0.15, 0.2) is 65.8 Å². The summed E-state index contributed by atoms with van der Waals surface area (Å²) in [4.78, 5) is 20.5. The van der Waals surface area contributed by atoms with Gasteiger partial charge in [0, 0.05) is 50.1 Å². The van der Waals surface area contributed by atoms with E-state index in [0.29, 0.717) is 24.5 Å². The minimum absolute atomic E-state index is 0.00795. The van der Waals surface area contributed by atoms with Crippen molar-refractivity contribution >= 4 is 21.4 Å². The predicted molar refractivity (Wildman–Crippen MR) is 137 cm³/mol. The van der Waals surface area contributed by atoms with Gasteiger partial charge in [-0.05, 0) is 47.9 Å². The van der Waals surface area contributed by atoms with Gasteiger partial charge in [-0.1, -0.05) is 24.3 Å². The van der Waals surface area contributed by atoms with Crippen LogP contribution in [0.2, 0.25) is 0 Å². The normalized spacial score (nSPS) is 16.4. The zero-order valence-corrected chi connectivity index (χ0v) is 21.0. The number of aromatic nitrogens is 1. The number of nitrogens with zero attached hydrogens (tertiary/aromatic N) is 3. The number of rotatable bonds is 7. The summed E-state index contributed by atoms with van der Waals surface area (Å²) in [7, 11) is -3.40. The van der Waals surface area contributed by atoms with E-state index < -0.39 is 9.84 Å². The second-order valence-corrected chi connectivity index (χ2v) is 11.1. The van der Waals surface area contributed by atoms with Crippen LogP contribution in [-0.4, -0.2) is 63.3 Å². The molecule has 2 aliphatic rings. The number of hydrogen-bond donors (Lipinski definition) is 0. The van der Waals surface area contributed by atoms with Gasteiger partial charge in [0.05, 0.1) is 19.4 Å². The fraction of sp³-hybridized carbons (Fsp3) is 0.333. The molecule has 3 heterocycles. The smallest absolute Gasteiger partial charge is 0.222 e. The number of anilines is 1. The second kappa shape index (κ2) is 10.3. The molecule has 0 bridgehead atoms. The largest absolute Gasteiger partial charge is 0.455 e. The number of hydrogen-bond acceptors (Lipinski definition) is 7. The van der Waals surface area contributed by atoms with Crippen LogP contribution < -0.4 is 9.64 Å². The zero-order chi connectivity index (χ0) is 25.1. The minimum Gasteiger partial charge on any atom is -0.455 e. The van der Waals surface area contributed by atoms with Crippen molar-refractivity contribution in [3.8, 4) is 22.6 Å². The van der Waals surface area contributed by atoms with Crippen LogP contribution in [0, 0.1) is 0 Å². The number of carbonyl (C=O) groups is 1. The summed E-state index contributed by atoms with van der Waals surface area (Å²) < 4.78 is 35.2. The van der Waals surface area contributed by atoms with E-state index in [1.54, 1.807) is 6.07 Å². The standard InChI is InChI=1S/C27H29N3O5S/c1-36(32,33)26-10-9-24(18-28-26)35-25-17-21(7-8-22(25)19-30-11-3-6-27(30)31)20-4-2-5-23(16-20)29-12-14-34-15-13-29/h2,4-5,7-10,16-18H,3,6,11-15,19H2,1H3. The van der Waals surface area contributed by atoms with Gasteiger partial charge in [-0.15, -0.1) is 0 Å². The van der Waals surface area contributed by atoms with Crippen LogP contribution in [0.25, 0.3) is 11.1 Å². The van der Waals surface area contributed by atoms with Crippen LogP contribution in [-0.2, 0) is 25.9 Å². The molecule has 8 nitrogen and oxygen atoms in total. The van der Waals surface area contributed by atoms with Crippen molar-refractivity contribution < 1.29 is 22.7 Å². The van der Waals surface area contributed by atoms with Crippen molar-refractivity contribution in [1.82, 2.24) is 9.88 Å². The first-order valence-corrected chi connectivity index (χ1v) is 13.9. The lowest BCUT2D eigenvalue weighted by atomic mass is 10.0. The zero-order valence-electron chi connectivity index (χ0n) is 20.2. The Morgan fingerprint density at radius 2 is 1.81 bits per heavy atom. The van der Waals surface area contributed by atoms with E-state index in [2.05, 4.69) is 28.1 Å². The highest BCUT2D eigenvalue weighted by molar-refractivity contribution is 7.90. The van der Waals surface area contributed by atoms with Gasteiger partial charge in [0.25, 0.3) is 0 Å². The Kier molecular flexibility index (Phi) is 6.93. The summed E-state index contributed by atoms with van der Waals surface area (Å²) in [6, 6.07) is 17.4. The molecule has 0 spiro atoms. The highest BCUT2D eigenvalue weighted by Gasteiger charge is 2.22. The van der Waals surface area contributed by atoms with Gasteiger partial charge >= 0.3 is 0 Å².